The molecule has 1 unspecified atom stereocenters. The quantitative estimate of drug-likeness (QED) is 0.641. The summed E-state index contributed by atoms with van der Waals surface area (Å²) in [6.07, 6.45) is 0. The van der Waals surface area contributed by atoms with Crippen LogP contribution in [0.5, 0.6) is 0 Å². The molecule has 0 aliphatic rings. The minimum absolute atomic E-state index is 0.648. The van der Waals surface area contributed by atoms with Crippen molar-refractivity contribution in [3.63, 3.8) is 0 Å². The lowest BCUT2D eigenvalue weighted by molar-refractivity contribution is -0.164. The predicted molar refractivity (Wildman–Crippen MR) is 76.5 cm³/mol. The van der Waals surface area contributed by atoms with E-state index in [9.17, 15) is 9.59 Å². The van der Waals surface area contributed by atoms with Crippen LogP contribution < -0.4 is 11.5 Å². The highest BCUT2D eigenvalue weighted by molar-refractivity contribution is 5.98. The number of esters is 1. The van der Waals surface area contributed by atoms with Crippen molar-refractivity contribution in [2.24, 2.45) is 17.4 Å². The van der Waals surface area contributed by atoms with Crippen molar-refractivity contribution in [2.75, 3.05) is 0 Å². The van der Waals surface area contributed by atoms with Gasteiger partial charge in [0.05, 0.1) is 5.54 Å². The Hall–Kier alpha value is -1.88. The van der Waals surface area contributed by atoms with Crippen molar-refractivity contribution in [1.29, 1.82) is 0 Å². The summed E-state index contributed by atoms with van der Waals surface area (Å²) in [4.78, 5) is 23.9. The number of rotatable bonds is 4. The van der Waals surface area contributed by atoms with E-state index >= 15 is 0 Å². The lowest BCUT2D eigenvalue weighted by atomic mass is 9.80. The molecule has 0 bridgehead atoms. The maximum atomic E-state index is 12.2. The van der Waals surface area contributed by atoms with Crippen LogP contribution in [-0.4, -0.2) is 17.5 Å². The first-order valence-electron chi connectivity index (χ1n) is 6.42. The molecule has 20 heavy (non-hydrogen) atoms. The summed E-state index contributed by atoms with van der Waals surface area (Å²) in [5, 5.41) is 0. The van der Waals surface area contributed by atoms with Crippen molar-refractivity contribution >= 4 is 11.9 Å². The van der Waals surface area contributed by atoms with Gasteiger partial charge in [0.25, 0.3) is 0 Å². The van der Waals surface area contributed by atoms with Crippen LogP contribution in [0.15, 0.2) is 30.3 Å². The van der Waals surface area contributed by atoms with E-state index in [-0.39, 0.29) is 0 Å². The van der Waals surface area contributed by atoms with Crippen molar-refractivity contribution in [3.05, 3.63) is 35.9 Å². The highest BCUT2D eigenvalue weighted by Crippen LogP contribution is 2.28. The Morgan fingerprint density at radius 3 is 2.00 bits per heavy atom. The van der Waals surface area contributed by atoms with Gasteiger partial charge in [-0.1, -0.05) is 30.3 Å². The number of primary amides is 1. The summed E-state index contributed by atoms with van der Waals surface area (Å²) in [6, 6.07) is 8.90. The second kappa shape index (κ2) is 5.63. The number of nitrogens with two attached hydrogens (primary N) is 2. The predicted octanol–water partition coefficient (Wildman–Crippen LogP) is 1.30. The van der Waals surface area contributed by atoms with Crippen molar-refractivity contribution in [1.82, 2.24) is 0 Å². The van der Waals surface area contributed by atoms with Gasteiger partial charge in [-0.3, -0.25) is 9.59 Å². The Labute approximate surface area is 119 Å². The van der Waals surface area contributed by atoms with Crippen LogP contribution in [0.4, 0.5) is 0 Å². The lowest BCUT2D eigenvalue weighted by Crippen LogP contribution is -2.52. The first-order chi connectivity index (χ1) is 9.05. The van der Waals surface area contributed by atoms with Crippen LogP contribution in [0.25, 0.3) is 0 Å². The topological polar surface area (TPSA) is 95.4 Å². The van der Waals surface area contributed by atoms with Crippen LogP contribution >= 0.6 is 0 Å². The Morgan fingerprint density at radius 2 is 1.60 bits per heavy atom. The first-order valence-corrected chi connectivity index (χ1v) is 6.42. The average molecular weight is 278 g/mol. The Bertz CT molecular complexity index is 490. The normalized spacial score (nSPS) is 16.1. The van der Waals surface area contributed by atoms with E-state index in [0.29, 0.717) is 5.56 Å². The molecule has 1 aromatic carbocycles. The fourth-order valence-electron chi connectivity index (χ4n) is 1.98. The average Bonchev–Trinajstić information content (AvgIpc) is 2.26. The van der Waals surface area contributed by atoms with E-state index in [2.05, 4.69) is 0 Å². The Kier molecular flexibility index (Phi) is 4.55. The molecule has 0 heterocycles. The van der Waals surface area contributed by atoms with Crippen molar-refractivity contribution in [2.45, 2.75) is 38.8 Å². The summed E-state index contributed by atoms with van der Waals surface area (Å²) in [6.45, 7) is 6.76. The number of carbonyl (C=O) groups excluding carboxylic acids is 2. The van der Waals surface area contributed by atoms with Gasteiger partial charge in [-0.05, 0) is 33.3 Å². The lowest BCUT2D eigenvalue weighted by Gasteiger charge is -2.33. The molecule has 0 saturated heterocycles. The van der Waals surface area contributed by atoms with Gasteiger partial charge in [0, 0.05) is 0 Å². The highest BCUT2D eigenvalue weighted by atomic mass is 16.6. The number of carbonyl (C=O) groups is 2. The minimum Gasteiger partial charge on any atom is -0.459 e. The summed E-state index contributed by atoms with van der Waals surface area (Å²) in [5.41, 5.74) is 10.3. The van der Waals surface area contributed by atoms with E-state index < -0.39 is 28.9 Å². The van der Waals surface area contributed by atoms with Gasteiger partial charge in [0.2, 0.25) is 5.91 Å². The third kappa shape index (κ3) is 3.81. The van der Waals surface area contributed by atoms with Gasteiger partial charge in [0.15, 0.2) is 5.92 Å². The van der Waals surface area contributed by atoms with Crippen LogP contribution in [0.3, 0.4) is 0 Å². The van der Waals surface area contributed by atoms with Gasteiger partial charge >= 0.3 is 5.97 Å². The van der Waals surface area contributed by atoms with Gasteiger partial charge in [0.1, 0.15) is 5.60 Å². The van der Waals surface area contributed by atoms with E-state index in [1.807, 2.05) is 6.07 Å². The zero-order valence-electron chi connectivity index (χ0n) is 12.3. The van der Waals surface area contributed by atoms with E-state index in [1.54, 1.807) is 52.0 Å². The molecular formula is C15H22N2O3. The molecule has 0 aliphatic heterocycles. The SMILES string of the molecule is CC(C)(C)OC(=O)[C@H](C(N)=O)C(C)(N)c1ccccc1. The molecule has 1 rings (SSSR count). The van der Waals surface area contributed by atoms with E-state index in [1.165, 1.54) is 0 Å². The molecule has 5 heteroatoms. The summed E-state index contributed by atoms with van der Waals surface area (Å²) >= 11 is 0. The molecule has 0 radical (unpaired) electrons. The van der Waals surface area contributed by atoms with Gasteiger partial charge in [-0.25, -0.2) is 0 Å². The fraction of sp³-hybridized carbons (Fsp3) is 0.467. The Morgan fingerprint density at radius 1 is 1.10 bits per heavy atom. The second-order valence-electron chi connectivity index (χ2n) is 6.02. The molecule has 0 spiro atoms. The van der Waals surface area contributed by atoms with Crippen LogP contribution in [0.1, 0.15) is 33.3 Å². The molecule has 0 aliphatic carbocycles. The third-order valence-corrected chi connectivity index (χ3v) is 2.92. The molecule has 2 atom stereocenters. The molecule has 0 fully saturated rings. The minimum atomic E-state index is -1.25. The van der Waals surface area contributed by atoms with Crippen LogP contribution in [-0.2, 0) is 19.9 Å². The van der Waals surface area contributed by atoms with Crippen LogP contribution in [0, 0.1) is 5.92 Å². The van der Waals surface area contributed by atoms with Gasteiger partial charge in [-0.2, -0.15) is 0 Å². The molecule has 0 aromatic heterocycles. The van der Waals surface area contributed by atoms with Gasteiger partial charge < -0.3 is 16.2 Å². The number of ether oxygens (including phenoxy) is 1. The highest BCUT2D eigenvalue weighted by Gasteiger charge is 2.43. The monoisotopic (exact) mass is 278 g/mol. The molecular weight excluding hydrogens is 256 g/mol. The van der Waals surface area contributed by atoms with Crippen molar-refractivity contribution < 1.29 is 14.3 Å². The van der Waals surface area contributed by atoms with E-state index in [4.69, 9.17) is 16.2 Å². The van der Waals surface area contributed by atoms with Gasteiger partial charge in [-0.15, -0.1) is 0 Å². The molecule has 5 nitrogen and oxygen atoms in total. The fourth-order valence-corrected chi connectivity index (χ4v) is 1.98. The number of hydrogen-bond donors (Lipinski definition) is 2. The summed E-state index contributed by atoms with van der Waals surface area (Å²) < 4.78 is 5.25. The molecule has 1 amide bonds. The second-order valence-corrected chi connectivity index (χ2v) is 6.02. The van der Waals surface area contributed by atoms with E-state index in [0.717, 1.165) is 0 Å². The molecule has 0 saturated carbocycles. The zero-order valence-corrected chi connectivity index (χ0v) is 12.3. The summed E-state index contributed by atoms with van der Waals surface area (Å²) in [5.74, 6) is -2.75. The zero-order chi connectivity index (χ0) is 15.6. The first kappa shape index (κ1) is 16.2. The molecule has 4 N–H and O–H groups in total. The summed E-state index contributed by atoms with van der Waals surface area (Å²) in [7, 11) is 0. The maximum absolute atomic E-state index is 12.2. The Balaban J connectivity index is 3.14. The third-order valence-electron chi connectivity index (χ3n) is 2.92. The largest absolute Gasteiger partial charge is 0.459 e. The smallest absolute Gasteiger partial charge is 0.321 e. The number of hydrogen-bond acceptors (Lipinski definition) is 4. The molecule has 110 valence electrons. The molecule has 1 aromatic rings. The maximum Gasteiger partial charge on any atom is 0.321 e. The number of benzene rings is 1. The standard InChI is InChI=1S/C15H22N2O3/c1-14(2,3)20-13(19)11(12(16)18)15(4,17)10-8-6-5-7-9-10/h5-9,11H,17H2,1-4H3,(H2,16,18)/t11-,15?/m0/s1. The number of amides is 1. The van der Waals surface area contributed by atoms with Crippen molar-refractivity contribution in [3.8, 4) is 0 Å². The van der Waals surface area contributed by atoms with Crippen LogP contribution in [0.2, 0.25) is 0 Å².